The predicted molar refractivity (Wildman–Crippen MR) is 46.3 cm³/mol. The van der Waals surface area contributed by atoms with Gasteiger partial charge >= 0.3 is 18.2 Å². The van der Waals surface area contributed by atoms with Crippen molar-refractivity contribution in [1.29, 1.82) is 0 Å². The lowest BCUT2D eigenvalue weighted by Gasteiger charge is -2.28. The normalized spacial score (nSPS) is 15.8. The van der Waals surface area contributed by atoms with Crippen molar-refractivity contribution in [3.05, 3.63) is 0 Å². The molecule has 18 heavy (non-hydrogen) atoms. The molecule has 0 saturated heterocycles. The van der Waals surface area contributed by atoms with Gasteiger partial charge in [-0.05, 0) is 6.42 Å². The van der Waals surface area contributed by atoms with Crippen LogP contribution in [0.15, 0.2) is 0 Å². The van der Waals surface area contributed by atoms with Crippen LogP contribution in [0.3, 0.4) is 0 Å². The second-order valence-electron chi connectivity index (χ2n) is 3.60. The molecule has 0 heterocycles. The van der Waals surface area contributed by atoms with Gasteiger partial charge in [-0.3, -0.25) is 0 Å². The van der Waals surface area contributed by atoms with Crippen molar-refractivity contribution in [3.8, 4) is 0 Å². The maximum absolute atomic E-state index is 12.7. The molecule has 0 aromatic carbocycles. The van der Waals surface area contributed by atoms with Gasteiger partial charge in [0.05, 0.1) is 6.61 Å². The first-order chi connectivity index (χ1) is 7.97. The Bertz CT molecular complexity index is 249. The molecule has 0 radical (unpaired) electrons. The zero-order valence-electron chi connectivity index (χ0n) is 9.34. The van der Waals surface area contributed by atoms with Crippen molar-refractivity contribution in [2.75, 3.05) is 6.61 Å². The second kappa shape index (κ2) is 6.03. The SMILES string of the molecule is CCCCCOC(F)(F)C(F)C(F)(F)C(F)(F)F. The largest absolute Gasteiger partial charge is 0.456 e. The fourth-order valence-corrected chi connectivity index (χ4v) is 0.988. The van der Waals surface area contributed by atoms with Crippen LogP contribution in [0.25, 0.3) is 0 Å². The molecular formula is C9H12F8O. The highest BCUT2D eigenvalue weighted by Crippen LogP contribution is 2.45. The van der Waals surface area contributed by atoms with E-state index >= 15 is 0 Å². The Labute approximate surface area is 98.1 Å². The molecule has 0 aromatic rings. The summed E-state index contributed by atoms with van der Waals surface area (Å²) in [7, 11) is 0. The van der Waals surface area contributed by atoms with Gasteiger partial charge in [-0.25, -0.2) is 4.39 Å². The minimum atomic E-state index is -6.40. The quantitative estimate of drug-likeness (QED) is 0.500. The van der Waals surface area contributed by atoms with Gasteiger partial charge in [0.2, 0.25) is 0 Å². The van der Waals surface area contributed by atoms with E-state index in [0.717, 1.165) is 0 Å². The summed E-state index contributed by atoms with van der Waals surface area (Å²) >= 11 is 0. The van der Waals surface area contributed by atoms with Crippen LogP contribution in [0.1, 0.15) is 26.2 Å². The molecule has 0 aromatic heterocycles. The van der Waals surface area contributed by atoms with Gasteiger partial charge in [-0.15, -0.1) is 0 Å². The van der Waals surface area contributed by atoms with Crippen molar-refractivity contribution < 1.29 is 39.9 Å². The van der Waals surface area contributed by atoms with E-state index in [-0.39, 0.29) is 6.42 Å². The molecule has 110 valence electrons. The summed E-state index contributed by atoms with van der Waals surface area (Å²) in [6, 6.07) is 0. The number of rotatable bonds is 7. The van der Waals surface area contributed by atoms with Crippen molar-refractivity contribution in [2.45, 2.75) is 50.6 Å². The van der Waals surface area contributed by atoms with Crippen LogP contribution < -0.4 is 0 Å². The monoisotopic (exact) mass is 288 g/mol. The molecule has 1 nitrogen and oxygen atoms in total. The average Bonchev–Trinajstić information content (AvgIpc) is 2.21. The summed E-state index contributed by atoms with van der Waals surface area (Å²) in [5, 5.41) is 0. The first-order valence-corrected chi connectivity index (χ1v) is 5.07. The van der Waals surface area contributed by atoms with Crippen LogP contribution in [0.4, 0.5) is 35.1 Å². The summed E-state index contributed by atoms with van der Waals surface area (Å²) in [4.78, 5) is 0. The third kappa shape index (κ3) is 4.25. The summed E-state index contributed by atoms with van der Waals surface area (Å²) in [5.41, 5.74) is 0. The molecule has 0 aliphatic rings. The van der Waals surface area contributed by atoms with E-state index in [1.54, 1.807) is 6.92 Å². The van der Waals surface area contributed by atoms with Crippen LogP contribution >= 0.6 is 0 Å². The lowest BCUT2D eigenvalue weighted by Crippen LogP contribution is -2.54. The molecule has 1 atom stereocenters. The van der Waals surface area contributed by atoms with Gasteiger partial charge in [0.1, 0.15) is 0 Å². The van der Waals surface area contributed by atoms with Gasteiger partial charge in [-0.1, -0.05) is 19.8 Å². The van der Waals surface area contributed by atoms with Crippen molar-refractivity contribution in [1.82, 2.24) is 0 Å². The minimum Gasteiger partial charge on any atom is -0.318 e. The van der Waals surface area contributed by atoms with Gasteiger partial charge in [-0.2, -0.15) is 30.7 Å². The number of hydrogen-bond acceptors (Lipinski definition) is 1. The van der Waals surface area contributed by atoms with Crippen LogP contribution in [0, 0.1) is 0 Å². The fraction of sp³-hybridized carbons (Fsp3) is 1.00. The Kier molecular flexibility index (Phi) is 5.83. The van der Waals surface area contributed by atoms with E-state index in [1.807, 2.05) is 0 Å². The molecule has 0 N–H and O–H groups in total. The van der Waals surface area contributed by atoms with Gasteiger partial charge < -0.3 is 4.74 Å². The molecule has 0 bridgehead atoms. The molecule has 0 spiro atoms. The minimum absolute atomic E-state index is 0.0103. The number of hydrogen-bond donors (Lipinski definition) is 0. The van der Waals surface area contributed by atoms with E-state index in [9.17, 15) is 35.1 Å². The van der Waals surface area contributed by atoms with E-state index in [1.165, 1.54) is 0 Å². The maximum atomic E-state index is 12.7. The third-order valence-corrected chi connectivity index (χ3v) is 2.03. The molecule has 0 aliphatic heterocycles. The van der Waals surface area contributed by atoms with E-state index in [2.05, 4.69) is 4.74 Å². The van der Waals surface area contributed by atoms with E-state index in [0.29, 0.717) is 12.8 Å². The standard InChI is InChI=1S/C9H12F8O/c1-2-3-4-5-18-8(13,14)6(10)7(11,12)9(15,16)17/h6H,2-5H2,1H3. The zero-order chi connectivity index (χ0) is 14.6. The summed E-state index contributed by atoms with van der Waals surface area (Å²) in [6.07, 6.45) is -15.4. The highest BCUT2D eigenvalue weighted by molar-refractivity contribution is 4.89. The molecule has 0 fully saturated rings. The lowest BCUT2D eigenvalue weighted by molar-refractivity contribution is -0.370. The Morgan fingerprint density at radius 1 is 0.944 bits per heavy atom. The van der Waals surface area contributed by atoms with Crippen LogP contribution in [-0.2, 0) is 4.74 Å². The first-order valence-electron chi connectivity index (χ1n) is 5.07. The lowest BCUT2D eigenvalue weighted by atomic mass is 10.2. The number of ether oxygens (including phenoxy) is 1. The number of unbranched alkanes of at least 4 members (excludes halogenated alkanes) is 2. The van der Waals surface area contributed by atoms with Gasteiger partial charge in [0.25, 0.3) is 6.17 Å². The molecular weight excluding hydrogens is 276 g/mol. The first kappa shape index (κ1) is 17.4. The molecule has 0 amide bonds. The Balaban J connectivity index is 4.59. The van der Waals surface area contributed by atoms with E-state index < -0.39 is 31.0 Å². The van der Waals surface area contributed by atoms with Crippen LogP contribution in [0.2, 0.25) is 0 Å². The third-order valence-electron chi connectivity index (χ3n) is 2.03. The van der Waals surface area contributed by atoms with Crippen molar-refractivity contribution >= 4 is 0 Å². The van der Waals surface area contributed by atoms with Crippen molar-refractivity contribution in [3.63, 3.8) is 0 Å². The second-order valence-corrected chi connectivity index (χ2v) is 3.60. The topological polar surface area (TPSA) is 9.23 Å². The fourth-order valence-electron chi connectivity index (χ4n) is 0.988. The average molecular weight is 288 g/mol. The smallest absolute Gasteiger partial charge is 0.318 e. The molecule has 0 saturated carbocycles. The van der Waals surface area contributed by atoms with Crippen LogP contribution in [0.5, 0.6) is 0 Å². The molecule has 9 heteroatoms. The Hall–Kier alpha value is -0.600. The highest BCUT2D eigenvalue weighted by atomic mass is 19.4. The van der Waals surface area contributed by atoms with E-state index in [4.69, 9.17) is 0 Å². The number of halogens is 8. The predicted octanol–water partition coefficient (Wildman–Crippen LogP) is 4.32. The van der Waals surface area contributed by atoms with Gasteiger partial charge in [0, 0.05) is 0 Å². The summed E-state index contributed by atoms with van der Waals surface area (Å²) < 4.78 is 101. The Morgan fingerprint density at radius 2 is 1.44 bits per heavy atom. The molecule has 1 unspecified atom stereocenters. The summed E-state index contributed by atoms with van der Waals surface area (Å²) in [5.74, 6) is -6.17. The van der Waals surface area contributed by atoms with Crippen molar-refractivity contribution in [2.24, 2.45) is 0 Å². The zero-order valence-corrected chi connectivity index (χ0v) is 9.34. The molecule has 0 rings (SSSR count). The van der Waals surface area contributed by atoms with Crippen LogP contribution in [-0.4, -0.2) is 31.0 Å². The summed E-state index contributed by atoms with van der Waals surface area (Å²) in [6.45, 7) is 0.906. The van der Waals surface area contributed by atoms with Gasteiger partial charge in [0.15, 0.2) is 0 Å². The maximum Gasteiger partial charge on any atom is 0.456 e. The Morgan fingerprint density at radius 3 is 1.83 bits per heavy atom. The molecule has 0 aliphatic carbocycles. The highest BCUT2D eigenvalue weighted by Gasteiger charge is 2.70. The number of alkyl halides is 8.